The molecule has 1 N–H and O–H groups in total. The molecule has 1 amide bonds. The first kappa shape index (κ1) is 18.5. The Morgan fingerprint density at radius 3 is 2.38 bits per heavy atom. The van der Waals surface area contributed by atoms with Crippen LogP contribution in [0.25, 0.3) is 11.3 Å². The number of carbonyl (C=O) groups is 1. The van der Waals surface area contributed by atoms with Gasteiger partial charge in [0.25, 0.3) is 0 Å². The lowest BCUT2D eigenvalue weighted by Crippen LogP contribution is -2.47. The standard InChI is InChI=1S/C20H27N3O3/c1-19(2,3)26-18(24)23-12-10-20(25,11-13-23)17-21-16(14-22(17)4)15-8-6-5-7-9-15/h5-9,14,25H,10-13H2,1-4H3. The number of benzene rings is 1. The highest BCUT2D eigenvalue weighted by Crippen LogP contribution is 2.34. The number of aryl methyl sites for hydroxylation is 1. The van der Waals surface area contributed by atoms with E-state index in [9.17, 15) is 9.90 Å². The summed E-state index contributed by atoms with van der Waals surface area (Å²) in [6, 6.07) is 9.91. The van der Waals surface area contributed by atoms with Gasteiger partial charge in [0.1, 0.15) is 17.0 Å². The summed E-state index contributed by atoms with van der Waals surface area (Å²) in [5.41, 5.74) is 0.297. The number of hydrogen-bond acceptors (Lipinski definition) is 4. The molecule has 26 heavy (non-hydrogen) atoms. The molecule has 2 aromatic rings. The largest absolute Gasteiger partial charge is 0.444 e. The first-order valence-corrected chi connectivity index (χ1v) is 8.97. The van der Waals surface area contributed by atoms with Crippen molar-refractivity contribution in [3.8, 4) is 11.3 Å². The summed E-state index contributed by atoms with van der Waals surface area (Å²) in [5.74, 6) is 0.639. The zero-order valence-electron chi connectivity index (χ0n) is 15.9. The molecule has 0 spiro atoms. The van der Waals surface area contributed by atoms with Gasteiger partial charge >= 0.3 is 6.09 Å². The van der Waals surface area contributed by atoms with Crippen molar-refractivity contribution >= 4 is 6.09 Å². The van der Waals surface area contributed by atoms with E-state index in [2.05, 4.69) is 4.98 Å². The highest BCUT2D eigenvalue weighted by Gasteiger charge is 2.39. The van der Waals surface area contributed by atoms with Crippen LogP contribution in [0.4, 0.5) is 4.79 Å². The third kappa shape index (κ3) is 3.90. The predicted molar refractivity (Wildman–Crippen MR) is 99.6 cm³/mol. The number of aromatic nitrogens is 2. The van der Waals surface area contributed by atoms with Gasteiger partial charge in [-0.3, -0.25) is 0 Å². The van der Waals surface area contributed by atoms with E-state index in [4.69, 9.17) is 4.74 Å². The number of ether oxygens (including phenoxy) is 1. The Morgan fingerprint density at radius 1 is 1.19 bits per heavy atom. The van der Waals surface area contributed by atoms with Crippen molar-refractivity contribution in [2.75, 3.05) is 13.1 Å². The minimum Gasteiger partial charge on any atom is -0.444 e. The SMILES string of the molecule is Cn1cc(-c2ccccc2)nc1C1(O)CCN(C(=O)OC(C)(C)C)CC1. The van der Waals surface area contributed by atoms with Crippen molar-refractivity contribution in [2.45, 2.75) is 44.8 Å². The van der Waals surface area contributed by atoms with Crippen LogP contribution < -0.4 is 0 Å². The summed E-state index contributed by atoms with van der Waals surface area (Å²) >= 11 is 0. The van der Waals surface area contributed by atoms with Gasteiger partial charge < -0.3 is 19.3 Å². The van der Waals surface area contributed by atoms with Gasteiger partial charge in [-0.1, -0.05) is 30.3 Å². The smallest absolute Gasteiger partial charge is 0.410 e. The van der Waals surface area contributed by atoms with Crippen LogP contribution in [0.1, 0.15) is 39.4 Å². The summed E-state index contributed by atoms with van der Waals surface area (Å²) in [4.78, 5) is 18.6. The van der Waals surface area contributed by atoms with E-state index < -0.39 is 11.2 Å². The summed E-state index contributed by atoms with van der Waals surface area (Å²) in [6.07, 6.45) is 2.48. The molecule has 1 aliphatic rings. The van der Waals surface area contributed by atoms with Crippen molar-refractivity contribution in [3.05, 3.63) is 42.4 Å². The maximum Gasteiger partial charge on any atom is 0.410 e. The van der Waals surface area contributed by atoms with Crippen molar-refractivity contribution < 1.29 is 14.6 Å². The average molecular weight is 357 g/mol. The van der Waals surface area contributed by atoms with E-state index in [0.717, 1.165) is 11.3 Å². The number of hydrogen-bond donors (Lipinski definition) is 1. The molecule has 1 fully saturated rings. The number of rotatable bonds is 2. The number of likely N-dealkylation sites (tertiary alicyclic amines) is 1. The molecule has 0 unspecified atom stereocenters. The first-order chi connectivity index (χ1) is 12.2. The minimum atomic E-state index is -1.04. The molecule has 2 heterocycles. The molecule has 6 heteroatoms. The zero-order valence-corrected chi connectivity index (χ0v) is 15.9. The Hall–Kier alpha value is -2.34. The van der Waals surface area contributed by atoms with Crippen LogP contribution in [-0.4, -0.2) is 44.3 Å². The fraction of sp³-hybridized carbons (Fsp3) is 0.500. The molecule has 1 aromatic carbocycles. The number of nitrogens with zero attached hydrogens (tertiary/aromatic N) is 3. The van der Waals surface area contributed by atoms with Gasteiger partial charge in [0.15, 0.2) is 0 Å². The molecule has 6 nitrogen and oxygen atoms in total. The summed E-state index contributed by atoms with van der Waals surface area (Å²) < 4.78 is 7.30. The maximum absolute atomic E-state index is 12.2. The van der Waals surface area contributed by atoms with Crippen LogP contribution in [0.15, 0.2) is 36.5 Å². The van der Waals surface area contributed by atoms with E-state index >= 15 is 0 Å². The van der Waals surface area contributed by atoms with Gasteiger partial charge in [-0.2, -0.15) is 0 Å². The van der Waals surface area contributed by atoms with Crippen molar-refractivity contribution in [1.29, 1.82) is 0 Å². The molecule has 0 atom stereocenters. The van der Waals surface area contributed by atoms with E-state index in [1.54, 1.807) is 4.90 Å². The Kier molecular flexibility index (Phi) is 4.80. The van der Waals surface area contributed by atoms with Gasteiger partial charge in [0, 0.05) is 44.7 Å². The van der Waals surface area contributed by atoms with Gasteiger partial charge in [-0.05, 0) is 20.8 Å². The predicted octanol–water partition coefficient (Wildman–Crippen LogP) is 3.31. The number of carbonyl (C=O) groups excluding carboxylic acids is 1. The summed E-state index contributed by atoms with van der Waals surface area (Å²) in [5, 5.41) is 11.2. The quantitative estimate of drug-likeness (QED) is 0.895. The monoisotopic (exact) mass is 357 g/mol. The molecular weight excluding hydrogens is 330 g/mol. The lowest BCUT2D eigenvalue weighted by atomic mass is 9.90. The van der Waals surface area contributed by atoms with Crippen LogP contribution in [0.5, 0.6) is 0 Å². The fourth-order valence-electron chi connectivity index (χ4n) is 3.26. The molecule has 0 aliphatic carbocycles. The Balaban J connectivity index is 1.73. The topological polar surface area (TPSA) is 67.6 Å². The Bertz CT molecular complexity index is 769. The fourth-order valence-corrected chi connectivity index (χ4v) is 3.26. The molecule has 0 saturated carbocycles. The minimum absolute atomic E-state index is 0.329. The lowest BCUT2D eigenvalue weighted by molar-refractivity contribution is -0.0423. The summed E-state index contributed by atoms with van der Waals surface area (Å²) in [6.45, 7) is 6.44. The third-order valence-corrected chi connectivity index (χ3v) is 4.60. The lowest BCUT2D eigenvalue weighted by Gasteiger charge is -2.38. The Morgan fingerprint density at radius 2 is 1.81 bits per heavy atom. The highest BCUT2D eigenvalue weighted by molar-refractivity contribution is 5.68. The van der Waals surface area contributed by atoms with Crippen molar-refractivity contribution in [1.82, 2.24) is 14.5 Å². The van der Waals surface area contributed by atoms with Crippen LogP contribution in [0, 0.1) is 0 Å². The normalized spacial score (nSPS) is 17.2. The molecule has 1 aliphatic heterocycles. The van der Waals surface area contributed by atoms with Crippen LogP contribution in [0.2, 0.25) is 0 Å². The van der Waals surface area contributed by atoms with Crippen LogP contribution in [0.3, 0.4) is 0 Å². The molecular formula is C20H27N3O3. The van der Waals surface area contributed by atoms with E-state index in [1.165, 1.54) is 0 Å². The zero-order chi connectivity index (χ0) is 18.9. The number of piperidine rings is 1. The molecule has 0 radical (unpaired) electrons. The molecule has 140 valence electrons. The van der Waals surface area contributed by atoms with Crippen LogP contribution >= 0.6 is 0 Å². The van der Waals surface area contributed by atoms with Gasteiger partial charge in [0.2, 0.25) is 0 Å². The molecule has 1 saturated heterocycles. The van der Waals surface area contributed by atoms with Gasteiger partial charge in [-0.25, -0.2) is 9.78 Å². The van der Waals surface area contributed by atoms with Gasteiger partial charge in [-0.15, -0.1) is 0 Å². The van der Waals surface area contributed by atoms with Crippen LogP contribution in [-0.2, 0) is 17.4 Å². The average Bonchev–Trinajstić information content (AvgIpc) is 2.97. The molecule has 1 aromatic heterocycles. The second-order valence-electron chi connectivity index (χ2n) is 7.93. The second-order valence-corrected chi connectivity index (χ2v) is 7.93. The van der Waals surface area contributed by atoms with Crippen molar-refractivity contribution in [3.63, 3.8) is 0 Å². The molecule has 0 bridgehead atoms. The van der Waals surface area contributed by atoms with E-state index in [1.807, 2.05) is 68.9 Å². The second kappa shape index (κ2) is 6.76. The highest BCUT2D eigenvalue weighted by atomic mass is 16.6. The van der Waals surface area contributed by atoms with Crippen molar-refractivity contribution in [2.24, 2.45) is 7.05 Å². The van der Waals surface area contributed by atoms with Gasteiger partial charge in [0.05, 0.1) is 5.69 Å². The van der Waals surface area contributed by atoms with E-state index in [0.29, 0.717) is 31.8 Å². The number of amides is 1. The summed E-state index contributed by atoms with van der Waals surface area (Å²) in [7, 11) is 1.90. The van der Waals surface area contributed by atoms with E-state index in [-0.39, 0.29) is 6.09 Å². The maximum atomic E-state index is 12.2. The molecule has 3 rings (SSSR count). The Labute approximate surface area is 154 Å². The first-order valence-electron chi connectivity index (χ1n) is 8.97. The third-order valence-electron chi connectivity index (χ3n) is 4.60. The number of imidazole rings is 1. The number of aliphatic hydroxyl groups is 1.